The number of hydrogen-bond acceptors (Lipinski definition) is 4. The summed E-state index contributed by atoms with van der Waals surface area (Å²) in [5.41, 5.74) is 0.347. The maximum Gasteiger partial charge on any atom is 0.410 e. The van der Waals surface area contributed by atoms with Gasteiger partial charge in [-0.15, -0.1) is 0 Å². The van der Waals surface area contributed by atoms with E-state index >= 15 is 0 Å². The summed E-state index contributed by atoms with van der Waals surface area (Å²) in [5.74, 6) is -0.721. The minimum atomic E-state index is -4.57. The van der Waals surface area contributed by atoms with Crippen LogP contribution < -0.4 is 10.6 Å². The van der Waals surface area contributed by atoms with Gasteiger partial charge in [0.25, 0.3) is 5.91 Å². The summed E-state index contributed by atoms with van der Waals surface area (Å²) >= 11 is 12.1. The van der Waals surface area contributed by atoms with E-state index in [0.29, 0.717) is 10.6 Å². The van der Waals surface area contributed by atoms with Crippen molar-refractivity contribution in [1.29, 1.82) is 0 Å². The monoisotopic (exact) mass is 436 g/mol. The van der Waals surface area contributed by atoms with Crippen LogP contribution >= 0.6 is 23.2 Å². The fraction of sp³-hybridized carbons (Fsp3) is 0.412. The summed E-state index contributed by atoms with van der Waals surface area (Å²) < 4.78 is 46.6. The van der Waals surface area contributed by atoms with E-state index in [-0.39, 0.29) is 36.1 Å². The molecule has 11 heteroatoms. The van der Waals surface area contributed by atoms with Crippen LogP contribution in [0.3, 0.4) is 0 Å². The van der Waals surface area contributed by atoms with Gasteiger partial charge in [-0.25, -0.2) is 4.68 Å². The van der Waals surface area contributed by atoms with Crippen molar-refractivity contribution in [3.05, 3.63) is 45.6 Å². The lowest BCUT2D eigenvalue weighted by Crippen LogP contribution is -2.36. The zero-order chi connectivity index (χ0) is 20.5. The smallest absolute Gasteiger partial charge is 0.383 e. The zero-order valence-corrected chi connectivity index (χ0v) is 16.2. The summed E-state index contributed by atoms with van der Waals surface area (Å²) in [5, 5.41) is 9.63. The lowest BCUT2D eigenvalue weighted by Gasteiger charge is -2.33. The van der Waals surface area contributed by atoms with E-state index in [2.05, 4.69) is 15.7 Å². The lowest BCUT2D eigenvalue weighted by atomic mass is 9.97. The second kappa shape index (κ2) is 8.18. The normalized spacial score (nSPS) is 19.1. The molecule has 2 heterocycles. The van der Waals surface area contributed by atoms with Gasteiger partial charge in [0, 0.05) is 25.1 Å². The Morgan fingerprint density at radius 2 is 2.04 bits per heavy atom. The highest BCUT2D eigenvalue weighted by atomic mass is 35.5. The van der Waals surface area contributed by atoms with E-state index in [1.807, 2.05) is 0 Å². The average molecular weight is 437 g/mol. The first-order chi connectivity index (χ1) is 13.2. The van der Waals surface area contributed by atoms with Crippen LogP contribution in [0.1, 0.15) is 34.6 Å². The number of rotatable bonds is 5. The molecule has 0 fully saturated rings. The number of benzene rings is 1. The minimum Gasteiger partial charge on any atom is -0.383 e. The Labute approximate surface area is 168 Å². The predicted octanol–water partition coefficient (Wildman–Crippen LogP) is 4.23. The Balaban J connectivity index is 1.96. The molecule has 2 aromatic rings. The summed E-state index contributed by atoms with van der Waals surface area (Å²) in [6.07, 6.45) is -4.87. The predicted molar refractivity (Wildman–Crippen MR) is 99.0 cm³/mol. The SMILES string of the molecule is COCCNC(=O)c1nn2c(c1Cl)N[C@H](c1ccc(Cl)cc1)C[C@H]2C(F)(F)F. The average Bonchev–Trinajstić information content (AvgIpc) is 2.98. The van der Waals surface area contributed by atoms with Crippen LogP contribution in [-0.2, 0) is 4.74 Å². The van der Waals surface area contributed by atoms with Crippen LogP contribution in [-0.4, -0.2) is 42.1 Å². The number of amides is 1. The van der Waals surface area contributed by atoms with Crippen molar-refractivity contribution in [1.82, 2.24) is 15.1 Å². The van der Waals surface area contributed by atoms with Gasteiger partial charge in [-0.2, -0.15) is 18.3 Å². The van der Waals surface area contributed by atoms with Crippen LogP contribution in [0.4, 0.5) is 19.0 Å². The van der Waals surface area contributed by atoms with Crippen molar-refractivity contribution in [2.75, 3.05) is 25.6 Å². The number of nitrogens with one attached hydrogen (secondary N) is 2. The molecular formula is C17H17Cl2F3N4O2. The van der Waals surface area contributed by atoms with Gasteiger partial charge in [-0.05, 0) is 17.7 Å². The Hall–Kier alpha value is -1.97. The minimum absolute atomic E-state index is 0.0490. The standard InChI is InChI=1S/C17H17Cl2F3N4O2/c1-28-7-6-23-16(27)14-13(19)15-24-11(9-2-4-10(18)5-3-9)8-12(17(20,21)22)26(15)25-14/h2-5,11-12,24H,6-8H2,1H3,(H,23,27)/t11-,12-/m0/s1. The number of halogens is 5. The van der Waals surface area contributed by atoms with E-state index < -0.39 is 24.2 Å². The molecule has 1 aliphatic heterocycles. The molecule has 0 saturated heterocycles. The number of fused-ring (bicyclic) bond motifs is 1. The van der Waals surface area contributed by atoms with Crippen LogP contribution in [0.25, 0.3) is 0 Å². The molecule has 0 aliphatic carbocycles. The quantitative estimate of drug-likeness (QED) is 0.688. The van der Waals surface area contributed by atoms with Gasteiger partial charge in [0.2, 0.25) is 0 Å². The number of carbonyl (C=O) groups is 1. The lowest BCUT2D eigenvalue weighted by molar-refractivity contribution is -0.173. The molecule has 1 amide bonds. The number of hydrogen-bond donors (Lipinski definition) is 2. The van der Waals surface area contributed by atoms with Crippen LogP contribution in [0.15, 0.2) is 24.3 Å². The summed E-state index contributed by atoms with van der Waals surface area (Å²) in [6, 6.07) is 3.89. The molecule has 1 aromatic heterocycles. The van der Waals surface area contributed by atoms with Crippen LogP contribution in [0, 0.1) is 0 Å². The number of nitrogens with zero attached hydrogens (tertiary/aromatic N) is 2. The van der Waals surface area contributed by atoms with Gasteiger partial charge in [0.05, 0.1) is 12.6 Å². The second-order valence-corrected chi connectivity index (χ2v) is 7.06. The number of anilines is 1. The third-order valence-corrected chi connectivity index (χ3v) is 4.98. The number of aromatic nitrogens is 2. The van der Waals surface area contributed by atoms with Crippen molar-refractivity contribution < 1.29 is 22.7 Å². The maximum atomic E-state index is 13.7. The molecule has 28 heavy (non-hydrogen) atoms. The zero-order valence-electron chi connectivity index (χ0n) is 14.7. The number of ether oxygens (including phenoxy) is 1. The first-order valence-corrected chi connectivity index (χ1v) is 9.11. The largest absolute Gasteiger partial charge is 0.410 e. The highest BCUT2D eigenvalue weighted by molar-refractivity contribution is 6.36. The number of carbonyl (C=O) groups excluding carboxylic acids is 1. The van der Waals surface area contributed by atoms with E-state index in [9.17, 15) is 18.0 Å². The molecule has 6 nitrogen and oxygen atoms in total. The molecule has 3 rings (SSSR count). The fourth-order valence-electron chi connectivity index (χ4n) is 3.00. The molecule has 2 N–H and O–H groups in total. The topological polar surface area (TPSA) is 68.2 Å². The third kappa shape index (κ3) is 4.21. The molecule has 1 aromatic carbocycles. The molecule has 0 radical (unpaired) electrons. The van der Waals surface area contributed by atoms with E-state index in [4.69, 9.17) is 27.9 Å². The van der Waals surface area contributed by atoms with Gasteiger partial charge in [-0.3, -0.25) is 4.79 Å². The Bertz CT molecular complexity index is 855. The van der Waals surface area contributed by atoms with Gasteiger partial charge in [-0.1, -0.05) is 35.3 Å². The third-order valence-electron chi connectivity index (χ3n) is 4.37. The van der Waals surface area contributed by atoms with E-state index in [1.165, 1.54) is 7.11 Å². The maximum absolute atomic E-state index is 13.7. The Morgan fingerprint density at radius 1 is 1.36 bits per heavy atom. The van der Waals surface area contributed by atoms with Gasteiger partial charge in [0.1, 0.15) is 10.8 Å². The number of alkyl halides is 3. The van der Waals surface area contributed by atoms with Crippen molar-refractivity contribution >= 4 is 34.9 Å². The van der Waals surface area contributed by atoms with E-state index in [1.54, 1.807) is 24.3 Å². The van der Waals surface area contributed by atoms with Crippen LogP contribution in [0.2, 0.25) is 10.0 Å². The first-order valence-electron chi connectivity index (χ1n) is 8.36. The van der Waals surface area contributed by atoms with Gasteiger partial charge in [0.15, 0.2) is 11.7 Å². The van der Waals surface area contributed by atoms with E-state index in [0.717, 1.165) is 4.68 Å². The Morgan fingerprint density at radius 3 is 2.64 bits per heavy atom. The van der Waals surface area contributed by atoms with Crippen molar-refractivity contribution in [3.8, 4) is 0 Å². The highest BCUT2D eigenvalue weighted by Gasteiger charge is 2.47. The molecule has 0 spiro atoms. The highest BCUT2D eigenvalue weighted by Crippen LogP contribution is 2.46. The van der Waals surface area contributed by atoms with Gasteiger partial charge < -0.3 is 15.4 Å². The van der Waals surface area contributed by atoms with Crippen molar-refractivity contribution in [2.24, 2.45) is 0 Å². The Kier molecular flexibility index (Phi) is 6.07. The molecule has 2 atom stereocenters. The summed E-state index contributed by atoms with van der Waals surface area (Å²) in [4.78, 5) is 12.3. The molecule has 0 unspecified atom stereocenters. The molecular weight excluding hydrogens is 420 g/mol. The second-order valence-electron chi connectivity index (χ2n) is 6.25. The van der Waals surface area contributed by atoms with Crippen LogP contribution in [0.5, 0.6) is 0 Å². The molecule has 152 valence electrons. The number of methoxy groups -OCH3 is 1. The van der Waals surface area contributed by atoms with Gasteiger partial charge >= 0.3 is 6.18 Å². The molecule has 1 aliphatic rings. The van der Waals surface area contributed by atoms with Crippen molar-refractivity contribution in [3.63, 3.8) is 0 Å². The summed E-state index contributed by atoms with van der Waals surface area (Å²) in [6.45, 7) is 0.427. The first kappa shape index (κ1) is 20.8. The molecule has 0 saturated carbocycles. The fourth-order valence-corrected chi connectivity index (χ4v) is 3.39. The molecule has 0 bridgehead atoms. The van der Waals surface area contributed by atoms with Crippen molar-refractivity contribution in [2.45, 2.75) is 24.7 Å². The summed E-state index contributed by atoms with van der Waals surface area (Å²) in [7, 11) is 1.46.